The molecule has 0 spiro atoms. The second-order valence-electron chi connectivity index (χ2n) is 5.05. The van der Waals surface area contributed by atoms with Crippen molar-refractivity contribution in [2.24, 2.45) is 0 Å². The Morgan fingerprint density at radius 3 is 2.74 bits per heavy atom. The fourth-order valence-electron chi connectivity index (χ4n) is 2.16. The van der Waals surface area contributed by atoms with Gasteiger partial charge < -0.3 is 10.1 Å². The van der Waals surface area contributed by atoms with Crippen LogP contribution in [0.2, 0.25) is 10.0 Å². The van der Waals surface area contributed by atoms with E-state index in [0.29, 0.717) is 35.4 Å². The fourth-order valence-corrected chi connectivity index (χ4v) is 2.47. The molecule has 23 heavy (non-hydrogen) atoms. The summed E-state index contributed by atoms with van der Waals surface area (Å²) in [5.74, 6) is -0.396. The molecule has 1 heterocycles. The number of nitrogens with one attached hydrogen (secondary N) is 1. The van der Waals surface area contributed by atoms with E-state index in [1.165, 1.54) is 6.08 Å². The maximum atomic E-state index is 12.1. The molecular weight excluding hydrogens is 337 g/mol. The van der Waals surface area contributed by atoms with Crippen LogP contribution >= 0.6 is 23.2 Å². The lowest BCUT2D eigenvalue weighted by Crippen LogP contribution is -2.41. The molecule has 7 heteroatoms. The van der Waals surface area contributed by atoms with Crippen molar-refractivity contribution in [2.75, 3.05) is 39.4 Å². The minimum Gasteiger partial charge on any atom is -0.379 e. The highest BCUT2D eigenvalue weighted by Crippen LogP contribution is 2.23. The first kappa shape index (κ1) is 17.8. The zero-order valence-electron chi connectivity index (χ0n) is 12.5. The van der Waals surface area contributed by atoms with E-state index in [1.54, 1.807) is 18.2 Å². The summed E-state index contributed by atoms with van der Waals surface area (Å²) in [4.78, 5) is 14.3. The Morgan fingerprint density at radius 1 is 1.35 bits per heavy atom. The Hall–Kier alpha value is -1.58. The number of carbonyl (C=O) groups excluding carboxylic acids is 1. The van der Waals surface area contributed by atoms with Gasteiger partial charge >= 0.3 is 0 Å². The Labute approximate surface area is 145 Å². The largest absolute Gasteiger partial charge is 0.379 e. The van der Waals surface area contributed by atoms with E-state index in [9.17, 15) is 4.79 Å². The molecule has 0 atom stereocenters. The molecule has 2 rings (SSSR count). The van der Waals surface area contributed by atoms with E-state index in [2.05, 4.69) is 10.2 Å². The molecule has 0 aromatic heterocycles. The van der Waals surface area contributed by atoms with Crippen LogP contribution in [0.25, 0.3) is 6.08 Å². The number of rotatable bonds is 5. The lowest BCUT2D eigenvalue weighted by atomic mass is 10.1. The molecule has 1 aromatic carbocycles. The van der Waals surface area contributed by atoms with E-state index in [1.807, 2.05) is 6.07 Å². The van der Waals surface area contributed by atoms with Gasteiger partial charge in [-0.2, -0.15) is 5.26 Å². The van der Waals surface area contributed by atoms with Crippen molar-refractivity contribution < 1.29 is 9.53 Å². The van der Waals surface area contributed by atoms with Crippen LogP contribution in [0.15, 0.2) is 23.8 Å². The van der Waals surface area contributed by atoms with Gasteiger partial charge in [-0.25, -0.2) is 0 Å². The SMILES string of the molecule is N#CC(=Cc1ccc(Cl)c(Cl)c1)C(=O)NCCN1CCOCC1. The molecule has 0 aliphatic carbocycles. The van der Waals surface area contributed by atoms with Crippen LogP contribution in [-0.4, -0.2) is 50.2 Å². The van der Waals surface area contributed by atoms with Gasteiger partial charge in [0.15, 0.2) is 0 Å². The van der Waals surface area contributed by atoms with Crippen LogP contribution in [0.4, 0.5) is 0 Å². The summed E-state index contributed by atoms with van der Waals surface area (Å²) in [5, 5.41) is 12.7. The molecule has 1 saturated heterocycles. The summed E-state index contributed by atoms with van der Waals surface area (Å²) < 4.78 is 5.27. The van der Waals surface area contributed by atoms with Crippen molar-refractivity contribution in [3.8, 4) is 6.07 Å². The van der Waals surface area contributed by atoms with Gasteiger partial charge in [-0.1, -0.05) is 29.3 Å². The number of hydrogen-bond acceptors (Lipinski definition) is 4. The van der Waals surface area contributed by atoms with Crippen molar-refractivity contribution in [3.63, 3.8) is 0 Å². The third-order valence-electron chi connectivity index (χ3n) is 3.44. The molecule has 0 unspecified atom stereocenters. The normalized spacial score (nSPS) is 16.0. The third kappa shape index (κ3) is 5.52. The van der Waals surface area contributed by atoms with E-state index < -0.39 is 5.91 Å². The fraction of sp³-hybridized carbons (Fsp3) is 0.375. The molecule has 122 valence electrons. The zero-order chi connectivity index (χ0) is 16.7. The highest BCUT2D eigenvalue weighted by molar-refractivity contribution is 6.42. The van der Waals surface area contributed by atoms with Crippen molar-refractivity contribution in [1.29, 1.82) is 5.26 Å². The van der Waals surface area contributed by atoms with Gasteiger partial charge in [0.2, 0.25) is 0 Å². The molecule has 1 aliphatic rings. The monoisotopic (exact) mass is 353 g/mol. The molecule has 1 fully saturated rings. The summed E-state index contributed by atoms with van der Waals surface area (Å²) in [7, 11) is 0. The Kier molecular flexibility index (Phi) is 6.87. The van der Waals surface area contributed by atoms with Crippen LogP contribution in [0.1, 0.15) is 5.56 Å². The highest BCUT2D eigenvalue weighted by Gasteiger charge is 2.12. The van der Waals surface area contributed by atoms with Gasteiger partial charge in [0, 0.05) is 26.2 Å². The molecule has 1 N–H and O–H groups in total. The predicted octanol–water partition coefficient (Wildman–Crippen LogP) is 2.35. The van der Waals surface area contributed by atoms with Gasteiger partial charge in [-0.15, -0.1) is 0 Å². The van der Waals surface area contributed by atoms with Gasteiger partial charge in [0.1, 0.15) is 11.6 Å². The summed E-state index contributed by atoms with van der Waals surface area (Å²) >= 11 is 11.8. The maximum absolute atomic E-state index is 12.1. The smallest absolute Gasteiger partial charge is 0.261 e. The summed E-state index contributed by atoms with van der Waals surface area (Å²) in [6.45, 7) is 4.38. The van der Waals surface area contributed by atoms with Gasteiger partial charge in [0.05, 0.1) is 23.3 Å². The average molecular weight is 354 g/mol. The molecule has 1 aliphatic heterocycles. The van der Waals surface area contributed by atoms with E-state index >= 15 is 0 Å². The Morgan fingerprint density at radius 2 is 2.09 bits per heavy atom. The molecule has 1 aromatic rings. The topological polar surface area (TPSA) is 65.4 Å². The molecule has 1 amide bonds. The minimum absolute atomic E-state index is 0.0327. The van der Waals surface area contributed by atoms with E-state index in [0.717, 1.165) is 19.6 Å². The lowest BCUT2D eigenvalue weighted by molar-refractivity contribution is -0.117. The number of carbonyl (C=O) groups is 1. The second-order valence-corrected chi connectivity index (χ2v) is 5.87. The number of morpholine rings is 1. The van der Waals surface area contributed by atoms with E-state index in [-0.39, 0.29) is 5.57 Å². The first-order chi connectivity index (χ1) is 11.1. The zero-order valence-corrected chi connectivity index (χ0v) is 14.0. The molecule has 0 radical (unpaired) electrons. The predicted molar refractivity (Wildman–Crippen MR) is 90.3 cm³/mol. The third-order valence-corrected chi connectivity index (χ3v) is 4.18. The highest BCUT2D eigenvalue weighted by atomic mass is 35.5. The first-order valence-electron chi connectivity index (χ1n) is 7.25. The maximum Gasteiger partial charge on any atom is 0.261 e. The van der Waals surface area contributed by atoms with Crippen LogP contribution in [0, 0.1) is 11.3 Å². The van der Waals surface area contributed by atoms with Crippen molar-refractivity contribution in [2.45, 2.75) is 0 Å². The average Bonchev–Trinajstić information content (AvgIpc) is 2.56. The van der Waals surface area contributed by atoms with Crippen LogP contribution in [0.3, 0.4) is 0 Å². The Bertz CT molecular complexity index is 635. The van der Waals surface area contributed by atoms with Crippen LogP contribution in [0.5, 0.6) is 0 Å². The minimum atomic E-state index is -0.396. The lowest BCUT2D eigenvalue weighted by Gasteiger charge is -2.26. The van der Waals surface area contributed by atoms with Crippen LogP contribution in [-0.2, 0) is 9.53 Å². The van der Waals surface area contributed by atoms with Crippen LogP contribution < -0.4 is 5.32 Å². The van der Waals surface area contributed by atoms with Crippen molar-refractivity contribution >= 4 is 35.2 Å². The number of benzene rings is 1. The summed E-state index contributed by atoms with van der Waals surface area (Å²) in [5.41, 5.74) is 0.685. The quantitative estimate of drug-likeness (QED) is 0.651. The first-order valence-corrected chi connectivity index (χ1v) is 8.01. The summed E-state index contributed by atoms with van der Waals surface area (Å²) in [6.07, 6.45) is 1.49. The second kappa shape index (κ2) is 8.90. The summed E-state index contributed by atoms with van der Waals surface area (Å²) in [6, 6.07) is 6.85. The number of nitrogens with zero attached hydrogens (tertiary/aromatic N) is 2. The number of amides is 1. The standard InChI is InChI=1S/C16H17Cl2N3O2/c17-14-2-1-12(10-15(14)18)9-13(11-19)16(22)20-3-4-21-5-7-23-8-6-21/h1-2,9-10H,3-8H2,(H,20,22). The number of halogens is 2. The Balaban J connectivity index is 1.91. The molecule has 0 bridgehead atoms. The number of ether oxygens (including phenoxy) is 1. The number of nitriles is 1. The van der Waals surface area contributed by atoms with E-state index in [4.69, 9.17) is 33.2 Å². The van der Waals surface area contributed by atoms with Crippen molar-refractivity contribution in [1.82, 2.24) is 10.2 Å². The van der Waals surface area contributed by atoms with Gasteiger partial charge in [-0.05, 0) is 23.8 Å². The molecular formula is C16H17Cl2N3O2. The van der Waals surface area contributed by atoms with Gasteiger partial charge in [0.25, 0.3) is 5.91 Å². The van der Waals surface area contributed by atoms with Crippen molar-refractivity contribution in [3.05, 3.63) is 39.4 Å². The molecule has 5 nitrogen and oxygen atoms in total. The number of hydrogen-bond donors (Lipinski definition) is 1. The van der Waals surface area contributed by atoms with Gasteiger partial charge in [-0.3, -0.25) is 9.69 Å². The molecule has 0 saturated carbocycles.